The first-order valence-corrected chi connectivity index (χ1v) is 10.3. The van der Waals surface area contributed by atoms with E-state index < -0.39 is 5.97 Å². The van der Waals surface area contributed by atoms with Gasteiger partial charge in [-0.3, -0.25) is 9.59 Å². The van der Waals surface area contributed by atoms with Gasteiger partial charge in [0, 0.05) is 23.6 Å². The van der Waals surface area contributed by atoms with Crippen molar-refractivity contribution in [2.24, 2.45) is 0 Å². The second kappa shape index (κ2) is 9.39. The zero-order chi connectivity index (χ0) is 23.4. The molecule has 168 valence electrons. The van der Waals surface area contributed by atoms with Crippen LogP contribution in [0.5, 0.6) is 5.75 Å². The number of nitrogens with zero attached hydrogens (tertiary/aromatic N) is 3. The van der Waals surface area contributed by atoms with Gasteiger partial charge in [0.2, 0.25) is 5.91 Å². The zero-order valence-corrected chi connectivity index (χ0v) is 18.1. The molecule has 9 nitrogen and oxygen atoms in total. The Hall–Kier alpha value is -4.40. The number of esters is 1. The maximum absolute atomic E-state index is 12.9. The molecule has 2 aromatic carbocycles. The first-order chi connectivity index (χ1) is 16.0. The zero-order valence-electron chi connectivity index (χ0n) is 18.1. The lowest BCUT2D eigenvalue weighted by Gasteiger charge is -2.08. The maximum Gasteiger partial charge on any atom is 0.338 e. The average molecular weight is 446 g/mol. The highest BCUT2D eigenvalue weighted by Gasteiger charge is 2.12. The summed E-state index contributed by atoms with van der Waals surface area (Å²) in [5, 5.41) is 7.17. The fraction of sp³-hybridized carbons (Fsp3) is 0.167. The Morgan fingerprint density at radius 1 is 1.03 bits per heavy atom. The lowest BCUT2D eigenvalue weighted by atomic mass is 10.1. The molecule has 9 heteroatoms. The number of ether oxygens (including phenoxy) is 2. The fourth-order valence-electron chi connectivity index (χ4n) is 3.31. The Balaban J connectivity index is 1.49. The van der Waals surface area contributed by atoms with Gasteiger partial charge in [-0.1, -0.05) is 0 Å². The van der Waals surface area contributed by atoms with Crippen molar-refractivity contribution in [3.8, 4) is 17.0 Å². The van der Waals surface area contributed by atoms with Crippen molar-refractivity contribution in [1.82, 2.24) is 14.2 Å². The Morgan fingerprint density at radius 3 is 2.42 bits per heavy atom. The number of carbonyl (C=O) groups is 2. The molecule has 0 saturated heterocycles. The van der Waals surface area contributed by atoms with Crippen LogP contribution in [0.2, 0.25) is 0 Å². The summed E-state index contributed by atoms with van der Waals surface area (Å²) in [4.78, 5) is 37.1. The van der Waals surface area contributed by atoms with E-state index in [0.29, 0.717) is 22.5 Å². The molecule has 0 spiro atoms. The van der Waals surface area contributed by atoms with Crippen molar-refractivity contribution in [1.29, 1.82) is 0 Å². The minimum atomic E-state index is -0.426. The largest absolute Gasteiger partial charge is 0.497 e. The number of methoxy groups -OCH3 is 1. The quantitative estimate of drug-likeness (QED) is 0.438. The third-order valence-corrected chi connectivity index (χ3v) is 4.98. The molecule has 0 unspecified atom stereocenters. The second-order valence-corrected chi connectivity index (χ2v) is 7.17. The Labute approximate surface area is 189 Å². The molecule has 0 aliphatic heterocycles. The molecule has 0 aliphatic carbocycles. The highest BCUT2D eigenvalue weighted by molar-refractivity contribution is 5.93. The van der Waals surface area contributed by atoms with E-state index in [9.17, 15) is 14.4 Å². The molecule has 0 fully saturated rings. The number of hydrogen-bond acceptors (Lipinski definition) is 6. The summed E-state index contributed by atoms with van der Waals surface area (Å²) in [7, 11) is 1.59. The molecule has 1 N–H and O–H groups in total. The Bertz CT molecular complexity index is 1350. The molecular weight excluding hydrogens is 424 g/mol. The maximum atomic E-state index is 12.9. The summed E-state index contributed by atoms with van der Waals surface area (Å²) in [6.07, 6.45) is 3.15. The first-order valence-electron chi connectivity index (χ1n) is 10.3. The van der Waals surface area contributed by atoms with Crippen LogP contribution in [-0.4, -0.2) is 39.8 Å². The number of nitrogens with one attached hydrogen (secondary N) is 1. The van der Waals surface area contributed by atoms with Gasteiger partial charge in [-0.2, -0.15) is 5.10 Å². The second-order valence-electron chi connectivity index (χ2n) is 7.17. The fourth-order valence-corrected chi connectivity index (χ4v) is 3.31. The number of hydrogen-bond donors (Lipinski definition) is 1. The van der Waals surface area contributed by atoms with Gasteiger partial charge in [0.15, 0.2) is 0 Å². The molecule has 0 atom stereocenters. The van der Waals surface area contributed by atoms with Crippen molar-refractivity contribution in [2.75, 3.05) is 19.0 Å². The number of anilines is 1. The molecule has 33 heavy (non-hydrogen) atoms. The smallest absolute Gasteiger partial charge is 0.338 e. The van der Waals surface area contributed by atoms with Gasteiger partial charge >= 0.3 is 5.97 Å². The van der Waals surface area contributed by atoms with Crippen LogP contribution in [0.1, 0.15) is 17.3 Å². The summed E-state index contributed by atoms with van der Waals surface area (Å²) in [5.74, 6) is -0.0725. The molecule has 0 saturated carbocycles. The molecule has 4 aromatic rings. The van der Waals surface area contributed by atoms with Gasteiger partial charge in [-0.05, 0) is 61.5 Å². The molecule has 0 bridgehead atoms. The van der Waals surface area contributed by atoms with E-state index in [1.165, 1.54) is 15.3 Å². The molecule has 0 radical (unpaired) electrons. The molecule has 0 aliphatic rings. The Kier molecular flexibility index (Phi) is 6.21. The molecule has 2 heterocycles. The molecule has 4 rings (SSSR count). The van der Waals surface area contributed by atoms with Crippen molar-refractivity contribution < 1.29 is 19.1 Å². The lowest BCUT2D eigenvalue weighted by Crippen LogP contribution is -2.28. The van der Waals surface area contributed by atoms with E-state index in [0.717, 1.165) is 11.3 Å². The third-order valence-electron chi connectivity index (χ3n) is 4.98. The minimum Gasteiger partial charge on any atom is -0.497 e. The van der Waals surface area contributed by atoms with E-state index >= 15 is 0 Å². The third kappa shape index (κ3) is 4.77. The van der Waals surface area contributed by atoms with Crippen LogP contribution in [0.3, 0.4) is 0 Å². The van der Waals surface area contributed by atoms with Gasteiger partial charge in [0.1, 0.15) is 17.8 Å². The highest BCUT2D eigenvalue weighted by Crippen LogP contribution is 2.21. The van der Waals surface area contributed by atoms with Crippen LogP contribution >= 0.6 is 0 Å². The summed E-state index contributed by atoms with van der Waals surface area (Å²) < 4.78 is 12.9. The highest BCUT2D eigenvalue weighted by atomic mass is 16.5. The topological polar surface area (TPSA) is 104 Å². The van der Waals surface area contributed by atoms with Crippen LogP contribution in [0.15, 0.2) is 71.8 Å². The standard InChI is InChI=1S/C24H22N4O5/c1-3-33-24(31)17-4-8-18(9-5-17)25-22(29)15-27-12-13-28-21(23(27)30)14-20(26-28)16-6-10-19(32-2)11-7-16/h4-14H,3,15H2,1-2H3,(H,25,29). The summed E-state index contributed by atoms with van der Waals surface area (Å²) in [6, 6.07) is 15.4. The number of benzene rings is 2. The SMILES string of the molecule is CCOC(=O)c1ccc(NC(=O)Cn2ccn3nc(-c4ccc(OC)cc4)cc3c2=O)cc1. The van der Waals surface area contributed by atoms with Gasteiger partial charge in [0.25, 0.3) is 5.56 Å². The van der Waals surface area contributed by atoms with E-state index in [1.54, 1.807) is 50.6 Å². The predicted molar refractivity (Wildman–Crippen MR) is 122 cm³/mol. The normalized spacial score (nSPS) is 10.7. The number of rotatable bonds is 7. The number of carbonyl (C=O) groups excluding carboxylic acids is 2. The first kappa shape index (κ1) is 21.8. The van der Waals surface area contributed by atoms with E-state index in [4.69, 9.17) is 9.47 Å². The summed E-state index contributed by atoms with van der Waals surface area (Å²) in [5.41, 5.74) is 2.40. The number of fused-ring (bicyclic) bond motifs is 1. The van der Waals surface area contributed by atoms with Gasteiger partial charge < -0.3 is 19.4 Å². The van der Waals surface area contributed by atoms with E-state index in [1.807, 2.05) is 24.3 Å². The van der Waals surface area contributed by atoms with Crippen molar-refractivity contribution in [3.63, 3.8) is 0 Å². The predicted octanol–water partition coefficient (Wildman–Crippen LogP) is 2.99. The van der Waals surface area contributed by atoms with Gasteiger partial charge in [0.05, 0.1) is 25.0 Å². The van der Waals surface area contributed by atoms with Gasteiger partial charge in [-0.15, -0.1) is 0 Å². The van der Waals surface area contributed by atoms with Gasteiger partial charge in [-0.25, -0.2) is 9.31 Å². The van der Waals surface area contributed by atoms with Crippen LogP contribution in [0.4, 0.5) is 5.69 Å². The van der Waals surface area contributed by atoms with E-state index in [2.05, 4.69) is 10.4 Å². The lowest BCUT2D eigenvalue weighted by molar-refractivity contribution is -0.116. The molecule has 2 aromatic heterocycles. The van der Waals surface area contributed by atoms with Crippen molar-refractivity contribution >= 4 is 23.1 Å². The summed E-state index contributed by atoms with van der Waals surface area (Å²) >= 11 is 0. The van der Waals surface area contributed by atoms with Crippen LogP contribution in [0.25, 0.3) is 16.8 Å². The average Bonchev–Trinajstić information content (AvgIpc) is 3.27. The van der Waals surface area contributed by atoms with Crippen molar-refractivity contribution in [3.05, 3.63) is 82.9 Å². The Morgan fingerprint density at radius 2 is 1.76 bits per heavy atom. The number of amides is 1. The monoisotopic (exact) mass is 446 g/mol. The molecule has 1 amide bonds. The number of aromatic nitrogens is 3. The van der Waals surface area contributed by atoms with Crippen molar-refractivity contribution in [2.45, 2.75) is 13.5 Å². The molecular formula is C24H22N4O5. The van der Waals surface area contributed by atoms with Crippen LogP contribution in [-0.2, 0) is 16.1 Å². The van der Waals surface area contributed by atoms with Crippen LogP contribution < -0.4 is 15.6 Å². The summed E-state index contributed by atoms with van der Waals surface area (Å²) in [6.45, 7) is 1.85. The van der Waals surface area contributed by atoms with Crippen LogP contribution in [0, 0.1) is 0 Å². The minimum absolute atomic E-state index is 0.169. The van der Waals surface area contributed by atoms with E-state index in [-0.39, 0.29) is 24.6 Å².